The van der Waals surface area contributed by atoms with Gasteiger partial charge in [0.25, 0.3) is 0 Å². The van der Waals surface area contributed by atoms with Gasteiger partial charge >= 0.3 is 0 Å². The highest BCUT2D eigenvalue weighted by Crippen LogP contribution is 2.23. The molecule has 0 aromatic carbocycles. The van der Waals surface area contributed by atoms with Crippen LogP contribution in [0.3, 0.4) is 0 Å². The second kappa shape index (κ2) is 7.23. The molecule has 0 aliphatic rings. The SMILES string of the molecule is CC(C)(C)c1ccnc(Br)c1.CC(C)(C)c1ccnc(N)c1. The highest BCUT2D eigenvalue weighted by molar-refractivity contribution is 9.10. The van der Waals surface area contributed by atoms with Gasteiger partial charge in [-0.2, -0.15) is 0 Å². The van der Waals surface area contributed by atoms with Gasteiger partial charge < -0.3 is 5.73 Å². The Morgan fingerprint density at radius 2 is 1.27 bits per heavy atom. The molecule has 0 spiro atoms. The third kappa shape index (κ3) is 6.14. The van der Waals surface area contributed by atoms with Crippen LogP contribution in [-0.2, 0) is 10.8 Å². The number of pyridine rings is 2. The van der Waals surface area contributed by atoms with Crippen LogP contribution < -0.4 is 5.73 Å². The summed E-state index contributed by atoms with van der Waals surface area (Å²) in [6, 6.07) is 8.01. The summed E-state index contributed by atoms with van der Waals surface area (Å²) in [7, 11) is 0. The van der Waals surface area contributed by atoms with E-state index in [9.17, 15) is 0 Å². The maximum Gasteiger partial charge on any atom is 0.123 e. The lowest BCUT2D eigenvalue weighted by Crippen LogP contribution is -2.11. The minimum absolute atomic E-state index is 0.164. The van der Waals surface area contributed by atoms with Gasteiger partial charge in [0.15, 0.2) is 0 Å². The van der Waals surface area contributed by atoms with Gasteiger partial charge in [0.2, 0.25) is 0 Å². The molecule has 0 fully saturated rings. The van der Waals surface area contributed by atoms with E-state index in [2.05, 4.69) is 73.5 Å². The van der Waals surface area contributed by atoms with E-state index in [4.69, 9.17) is 5.73 Å². The van der Waals surface area contributed by atoms with E-state index < -0.39 is 0 Å². The molecular formula is C18H26BrN3. The standard InChI is InChI=1S/C9H12BrN.C9H14N2/c2*1-9(2,3)7-4-5-11-8(10)6-7/h4-6H,1-3H3;4-6H,1-3H3,(H2,10,11). The Balaban J connectivity index is 0.000000220. The van der Waals surface area contributed by atoms with E-state index in [1.54, 1.807) is 6.20 Å². The fraction of sp³-hybridized carbons (Fsp3) is 0.444. The largest absolute Gasteiger partial charge is 0.384 e. The minimum Gasteiger partial charge on any atom is -0.384 e. The van der Waals surface area contributed by atoms with Crippen LogP contribution in [0.1, 0.15) is 52.7 Å². The first-order valence-electron chi connectivity index (χ1n) is 7.34. The first-order chi connectivity index (χ1) is 10.00. The number of nitrogens with zero attached hydrogens (tertiary/aromatic N) is 2. The molecule has 4 heteroatoms. The summed E-state index contributed by atoms with van der Waals surface area (Å²) in [4.78, 5) is 8.00. The van der Waals surface area contributed by atoms with Crippen molar-refractivity contribution in [3.63, 3.8) is 0 Å². The lowest BCUT2D eigenvalue weighted by Gasteiger charge is -2.18. The molecule has 2 aromatic rings. The molecule has 0 atom stereocenters. The van der Waals surface area contributed by atoms with Gasteiger partial charge in [-0.15, -0.1) is 0 Å². The number of hydrogen-bond acceptors (Lipinski definition) is 3. The van der Waals surface area contributed by atoms with Crippen LogP contribution in [0.25, 0.3) is 0 Å². The van der Waals surface area contributed by atoms with Crippen molar-refractivity contribution in [1.29, 1.82) is 0 Å². The highest BCUT2D eigenvalue weighted by Gasteiger charge is 2.13. The topological polar surface area (TPSA) is 51.8 Å². The predicted molar refractivity (Wildman–Crippen MR) is 98.0 cm³/mol. The summed E-state index contributed by atoms with van der Waals surface area (Å²) in [6.07, 6.45) is 3.57. The Bertz CT molecular complexity index is 555. The summed E-state index contributed by atoms with van der Waals surface area (Å²) in [5.41, 5.74) is 8.45. The molecule has 2 rings (SSSR count). The molecule has 0 radical (unpaired) electrons. The summed E-state index contributed by atoms with van der Waals surface area (Å²) in [6.45, 7) is 13.0. The Morgan fingerprint density at radius 3 is 1.59 bits per heavy atom. The van der Waals surface area contributed by atoms with Gasteiger partial charge in [-0.25, -0.2) is 9.97 Å². The van der Waals surface area contributed by atoms with Crippen LogP contribution in [0.15, 0.2) is 41.3 Å². The first kappa shape index (κ1) is 18.6. The summed E-state index contributed by atoms with van der Waals surface area (Å²) in [5, 5.41) is 0. The Morgan fingerprint density at radius 1 is 0.818 bits per heavy atom. The molecule has 2 N–H and O–H groups in total. The molecule has 0 aliphatic heterocycles. The maximum absolute atomic E-state index is 5.54. The van der Waals surface area contributed by atoms with Gasteiger partial charge in [-0.05, 0) is 62.2 Å². The molecule has 0 amide bonds. The van der Waals surface area contributed by atoms with Gasteiger partial charge in [0.1, 0.15) is 10.4 Å². The smallest absolute Gasteiger partial charge is 0.123 e. The highest BCUT2D eigenvalue weighted by atomic mass is 79.9. The van der Waals surface area contributed by atoms with Gasteiger partial charge in [0.05, 0.1) is 0 Å². The number of hydrogen-bond donors (Lipinski definition) is 1. The van der Waals surface area contributed by atoms with Crippen LogP contribution in [0.5, 0.6) is 0 Å². The van der Waals surface area contributed by atoms with Crippen LogP contribution >= 0.6 is 15.9 Å². The summed E-state index contributed by atoms with van der Waals surface area (Å²) in [5.74, 6) is 0.595. The van der Waals surface area contributed by atoms with E-state index in [0.29, 0.717) is 5.82 Å². The Kier molecular flexibility index (Phi) is 6.12. The average molecular weight is 364 g/mol. The molecule has 0 saturated heterocycles. The van der Waals surface area contributed by atoms with Crippen molar-refractivity contribution in [3.05, 3.63) is 52.4 Å². The summed E-state index contributed by atoms with van der Waals surface area (Å²) >= 11 is 3.34. The second-order valence-electron chi connectivity index (χ2n) is 7.34. The molecule has 120 valence electrons. The number of rotatable bonds is 0. The molecule has 0 bridgehead atoms. The normalized spacial score (nSPS) is 11.6. The molecule has 22 heavy (non-hydrogen) atoms. The summed E-state index contributed by atoms with van der Waals surface area (Å²) < 4.78 is 0.907. The van der Waals surface area contributed by atoms with Crippen molar-refractivity contribution < 1.29 is 0 Å². The van der Waals surface area contributed by atoms with E-state index in [-0.39, 0.29) is 10.8 Å². The number of anilines is 1. The van der Waals surface area contributed by atoms with Crippen molar-refractivity contribution in [1.82, 2.24) is 9.97 Å². The minimum atomic E-state index is 0.164. The van der Waals surface area contributed by atoms with E-state index >= 15 is 0 Å². The zero-order valence-electron chi connectivity index (χ0n) is 14.3. The van der Waals surface area contributed by atoms with Crippen LogP contribution in [-0.4, -0.2) is 9.97 Å². The number of nitrogen functional groups attached to an aromatic ring is 1. The van der Waals surface area contributed by atoms with Crippen molar-refractivity contribution in [3.8, 4) is 0 Å². The van der Waals surface area contributed by atoms with Crippen molar-refractivity contribution >= 4 is 21.7 Å². The quantitative estimate of drug-likeness (QED) is 0.662. The van der Waals surface area contributed by atoms with Gasteiger partial charge in [-0.1, -0.05) is 41.5 Å². The van der Waals surface area contributed by atoms with Crippen LogP contribution in [0.2, 0.25) is 0 Å². The molecular weight excluding hydrogens is 338 g/mol. The third-order valence-electron chi connectivity index (χ3n) is 3.24. The van der Waals surface area contributed by atoms with Crippen molar-refractivity contribution in [2.24, 2.45) is 0 Å². The number of halogens is 1. The molecule has 0 unspecified atom stereocenters. The van der Waals surface area contributed by atoms with E-state index in [0.717, 1.165) is 4.60 Å². The molecule has 3 nitrogen and oxygen atoms in total. The molecule has 0 saturated carbocycles. The van der Waals surface area contributed by atoms with Crippen LogP contribution in [0, 0.1) is 0 Å². The van der Waals surface area contributed by atoms with Gasteiger partial charge in [0, 0.05) is 12.4 Å². The third-order valence-corrected chi connectivity index (χ3v) is 3.67. The average Bonchev–Trinajstić information content (AvgIpc) is 2.37. The monoisotopic (exact) mass is 363 g/mol. The Hall–Kier alpha value is -1.42. The first-order valence-corrected chi connectivity index (χ1v) is 8.13. The Labute approximate surface area is 142 Å². The maximum atomic E-state index is 5.54. The van der Waals surface area contributed by atoms with E-state index in [1.165, 1.54) is 11.1 Å². The van der Waals surface area contributed by atoms with Gasteiger partial charge in [-0.3, -0.25) is 0 Å². The fourth-order valence-corrected chi connectivity index (χ4v) is 2.15. The number of nitrogens with two attached hydrogens (primary N) is 1. The van der Waals surface area contributed by atoms with Crippen LogP contribution in [0.4, 0.5) is 5.82 Å². The van der Waals surface area contributed by atoms with Crippen molar-refractivity contribution in [2.45, 2.75) is 52.4 Å². The van der Waals surface area contributed by atoms with E-state index in [1.807, 2.05) is 24.4 Å². The lowest BCUT2D eigenvalue weighted by atomic mass is 9.88. The lowest BCUT2D eigenvalue weighted by molar-refractivity contribution is 0.588. The zero-order valence-corrected chi connectivity index (χ0v) is 15.9. The molecule has 2 heterocycles. The fourth-order valence-electron chi connectivity index (χ4n) is 1.78. The second-order valence-corrected chi connectivity index (χ2v) is 8.15. The number of aromatic nitrogens is 2. The van der Waals surface area contributed by atoms with Crippen molar-refractivity contribution in [2.75, 3.05) is 5.73 Å². The molecule has 0 aliphatic carbocycles. The predicted octanol–water partition coefficient (Wildman–Crippen LogP) is 5.10. The molecule has 2 aromatic heterocycles. The zero-order chi connectivity index (χ0) is 17.0.